The van der Waals surface area contributed by atoms with E-state index < -0.39 is 5.56 Å². The average molecular weight is 430 g/mol. The Balaban J connectivity index is 1.20. The quantitative estimate of drug-likeness (QED) is 0.674. The van der Waals surface area contributed by atoms with Gasteiger partial charge in [-0.1, -0.05) is 36.4 Å². The van der Waals surface area contributed by atoms with Crippen LogP contribution in [0.15, 0.2) is 53.3 Å². The van der Waals surface area contributed by atoms with Crippen molar-refractivity contribution < 1.29 is 14.3 Å². The zero-order valence-electron chi connectivity index (χ0n) is 17.4. The maximum atomic E-state index is 13.0. The highest BCUT2D eigenvalue weighted by Crippen LogP contribution is 2.44. The molecular weight excluding hydrogens is 408 g/mol. The Labute approximate surface area is 183 Å². The van der Waals surface area contributed by atoms with Crippen LogP contribution in [0.25, 0.3) is 11.0 Å². The molecular formula is C24H22N4O4. The molecule has 3 heterocycles. The first-order chi connectivity index (χ1) is 15.6. The summed E-state index contributed by atoms with van der Waals surface area (Å²) in [4.78, 5) is 48.7. The maximum Gasteiger partial charge on any atom is 0.411 e. The van der Waals surface area contributed by atoms with Crippen molar-refractivity contribution in [2.75, 3.05) is 13.1 Å². The van der Waals surface area contributed by atoms with Crippen LogP contribution >= 0.6 is 0 Å². The summed E-state index contributed by atoms with van der Waals surface area (Å²) in [7, 11) is 0. The molecule has 2 aromatic carbocycles. The SMILES string of the molecule is O=C(c1nc2ccccc2[nH]c1=O)N1CCC(N2C(=O)O[C@H]3Cc4ccccc4[C@H]32)CC1. The van der Waals surface area contributed by atoms with Crippen LogP contribution in [0, 0.1) is 0 Å². The Hall–Kier alpha value is -3.68. The molecule has 2 saturated heterocycles. The number of ether oxygens (including phenoxy) is 1. The smallest absolute Gasteiger partial charge is 0.411 e. The molecule has 0 unspecified atom stereocenters. The van der Waals surface area contributed by atoms with Crippen molar-refractivity contribution in [3.63, 3.8) is 0 Å². The number of benzene rings is 2. The maximum absolute atomic E-state index is 13.0. The Morgan fingerprint density at radius 1 is 1.03 bits per heavy atom. The van der Waals surface area contributed by atoms with E-state index in [-0.39, 0.29) is 35.9 Å². The Kier molecular flexibility index (Phi) is 4.28. The number of hydrogen-bond acceptors (Lipinski definition) is 5. The van der Waals surface area contributed by atoms with Gasteiger partial charge in [0.15, 0.2) is 5.69 Å². The Morgan fingerprint density at radius 3 is 2.62 bits per heavy atom. The fourth-order valence-corrected chi connectivity index (χ4v) is 5.32. The number of fused-ring (bicyclic) bond motifs is 4. The molecule has 0 bridgehead atoms. The predicted octanol–water partition coefficient (Wildman–Crippen LogP) is 2.65. The van der Waals surface area contributed by atoms with E-state index in [2.05, 4.69) is 22.1 Å². The highest BCUT2D eigenvalue weighted by Gasteiger charge is 2.50. The van der Waals surface area contributed by atoms with Crippen molar-refractivity contribution >= 4 is 23.0 Å². The van der Waals surface area contributed by atoms with Crippen molar-refractivity contribution in [1.29, 1.82) is 0 Å². The Bertz CT molecular complexity index is 1290. The summed E-state index contributed by atoms with van der Waals surface area (Å²) in [5.41, 5.74) is 3.00. The molecule has 162 valence electrons. The molecule has 2 amide bonds. The third kappa shape index (κ3) is 2.90. The van der Waals surface area contributed by atoms with E-state index in [9.17, 15) is 14.4 Å². The largest absolute Gasteiger partial charge is 0.443 e. The van der Waals surface area contributed by atoms with Gasteiger partial charge in [-0.05, 0) is 36.1 Å². The van der Waals surface area contributed by atoms with E-state index >= 15 is 0 Å². The van der Waals surface area contributed by atoms with Gasteiger partial charge in [-0.3, -0.25) is 14.5 Å². The van der Waals surface area contributed by atoms with E-state index in [0.29, 0.717) is 37.0 Å². The summed E-state index contributed by atoms with van der Waals surface area (Å²) >= 11 is 0. The Morgan fingerprint density at radius 2 is 1.78 bits per heavy atom. The molecule has 1 aliphatic carbocycles. The summed E-state index contributed by atoms with van der Waals surface area (Å²) in [5.74, 6) is -0.372. The van der Waals surface area contributed by atoms with Gasteiger partial charge in [-0.15, -0.1) is 0 Å². The number of amides is 2. The van der Waals surface area contributed by atoms with E-state index in [1.54, 1.807) is 17.0 Å². The minimum Gasteiger partial charge on any atom is -0.443 e. The highest BCUT2D eigenvalue weighted by atomic mass is 16.6. The third-order valence-corrected chi connectivity index (χ3v) is 6.86. The minimum atomic E-state index is -0.482. The van der Waals surface area contributed by atoms with Crippen LogP contribution in [0.3, 0.4) is 0 Å². The van der Waals surface area contributed by atoms with Gasteiger partial charge in [-0.25, -0.2) is 9.78 Å². The number of rotatable bonds is 2. The average Bonchev–Trinajstić information content (AvgIpc) is 3.32. The number of aromatic nitrogens is 2. The molecule has 2 atom stereocenters. The number of nitrogens with one attached hydrogen (secondary N) is 1. The molecule has 8 nitrogen and oxygen atoms in total. The second kappa shape index (κ2) is 7.19. The molecule has 2 fully saturated rings. The van der Waals surface area contributed by atoms with Crippen molar-refractivity contribution in [1.82, 2.24) is 19.8 Å². The van der Waals surface area contributed by atoms with Gasteiger partial charge < -0.3 is 14.6 Å². The first-order valence-corrected chi connectivity index (χ1v) is 11.0. The van der Waals surface area contributed by atoms with Crippen molar-refractivity contribution in [3.8, 4) is 0 Å². The first kappa shape index (κ1) is 19.0. The number of aromatic amines is 1. The van der Waals surface area contributed by atoms with Crippen molar-refractivity contribution in [2.45, 2.75) is 37.5 Å². The molecule has 8 heteroatoms. The van der Waals surface area contributed by atoms with Gasteiger partial charge in [0.25, 0.3) is 11.5 Å². The zero-order valence-corrected chi connectivity index (χ0v) is 17.4. The number of likely N-dealkylation sites (tertiary alicyclic amines) is 1. The van der Waals surface area contributed by atoms with Crippen LogP contribution in [0.1, 0.15) is 40.5 Å². The van der Waals surface area contributed by atoms with E-state index in [1.807, 2.05) is 29.2 Å². The van der Waals surface area contributed by atoms with Crippen molar-refractivity contribution in [2.24, 2.45) is 0 Å². The van der Waals surface area contributed by atoms with Gasteiger partial charge in [0, 0.05) is 25.6 Å². The molecule has 0 spiro atoms. The van der Waals surface area contributed by atoms with E-state index in [0.717, 1.165) is 12.0 Å². The monoisotopic (exact) mass is 430 g/mol. The van der Waals surface area contributed by atoms with Gasteiger partial charge in [0.2, 0.25) is 0 Å². The normalized spacial score (nSPS) is 22.7. The number of carbonyl (C=O) groups is 2. The minimum absolute atomic E-state index is 0.00412. The summed E-state index contributed by atoms with van der Waals surface area (Å²) < 4.78 is 5.68. The molecule has 32 heavy (non-hydrogen) atoms. The molecule has 0 radical (unpaired) electrons. The molecule has 1 N–H and O–H groups in total. The van der Waals surface area contributed by atoms with E-state index in [4.69, 9.17) is 4.74 Å². The number of piperidine rings is 1. The topological polar surface area (TPSA) is 95.6 Å². The van der Waals surface area contributed by atoms with Crippen LogP contribution in [0.4, 0.5) is 4.79 Å². The highest BCUT2D eigenvalue weighted by molar-refractivity contribution is 5.93. The predicted molar refractivity (Wildman–Crippen MR) is 116 cm³/mol. The van der Waals surface area contributed by atoms with Crippen LogP contribution in [-0.2, 0) is 11.2 Å². The lowest BCUT2D eigenvalue weighted by atomic mass is 9.99. The molecule has 2 aliphatic heterocycles. The summed E-state index contributed by atoms with van der Waals surface area (Å²) in [6.07, 6.45) is 1.61. The first-order valence-electron chi connectivity index (χ1n) is 11.0. The van der Waals surface area contributed by atoms with Crippen LogP contribution in [-0.4, -0.2) is 57.0 Å². The van der Waals surface area contributed by atoms with E-state index in [1.165, 1.54) is 5.56 Å². The fraction of sp³-hybridized carbons (Fsp3) is 0.333. The second-order valence-electron chi connectivity index (χ2n) is 8.63. The van der Waals surface area contributed by atoms with Crippen molar-refractivity contribution in [3.05, 3.63) is 75.7 Å². The van der Waals surface area contributed by atoms with Crippen LogP contribution in [0.2, 0.25) is 0 Å². The molecule has 6 rings (SSSR count). The summed E-state index contributed by atoms with van der Waals surface area (Å²) in [5, 5.41) is 0. The number of para-hydroxylation sites is 2. The summed E-state index contributed by atoms with van der Waals surface area (Å²) in [6, 6.07) is 15.3. The van der Waals surface area contributed by atoms with Crippen LogP contribution < -0.4 is 5.56 Å². The number of nitrogens with zero attached hydrogens (tertiary/aromatic N) is 3. The van der Waals surface area contributed by atoms with Gasteiger partial charge in [0.1, 0.15) is 6.10 Å². The van der Waals surface area contributed by atoms with Gasteiger partial charge in [0.05, 0.1) is 17.1 Å². The lowest BCUT2D eigenvalue weighted by molar-refractivity contribution is 0.0629. The third-order valence-electron chi connectivity index (χ3n) is 6.86. The number of hydrogen-bond donors (Lipinski definition) is 1. The summed E-state index contributed by atoms with van der Waals surface area (Å²) in [6.45, 7) is 0.917. The van der Waals surface area contributed by atoms with Crippen LogP contribution in [0.5, 0.6) is 0 Å². The number of carbonyl (C=O) groups excluding carboxylic acids is 2. The molecule has 3 aliphatic rings. The molecule has 1 aromatic heterocycles. The second-order valence-corrected chi connectivity index (χ2v) is 8.63. The fourth-order valence-electron chi connectivity index (χ4n) is 5.32. The number of H-pyrrole nitrogens is 1. The van der Waals surface area contributed by atoms with Gasteiger partial charge >= 0.3 is 6.09 Å². The standard InChI is InChI=1S/C24H22N4O4/c29-22-20(25-17-7-3-4-8-18(17)26-22)23(30)27-11-9-15(10-12-27)28-21-16-6-2-1-5-14(16)13-19(21)32-24(28)31/h1-8,15,19,21H,9-13H2,(H,26,29)/t19-,21+/m0/s1. The lowest BCUT2D eigenvalue weighted by Gasteiger charge is -2.37. The lowest BCUT2D eigenvalue weighted by Crippen LogP contribution is -2.48. The molecule has 0 saturated carbocycles. The molecule has 3 aromatic rings. The zero-order chi connectivity index (χ0) is 21.8. The van der Waals surface area contributed by atoms with Gasteiger partial charge in [-0.2, -0.15) is 0 Å².